The standard InChI is InChI=1S/C17H20O5/c1-11(9-18)14-7-8-15-16(21-14)10-20-17(22-15)12-3-5-13(19-2)6-4-12/h3-7,15-18H,1,8-10H2,2H3/t15-,16+,17+/m0/s1. The molecule has 2 heterocycles. The molecule has 0 aromatic heterocycles. The lowest BCUT2D eigenvalue weighted by Gasteiger charge is -2.39. The first-order valence-electron chi connectivity index (χ1n) is 7.28. The summed E-state index contributed by atoms with van der Waals surface area (Å²) in [5.41, 5.74) is 1.53. The summed E-state index contributed by atoms with van der Waals surface area (Å²) in [6.45, 7) is 4.11. The monoisotopic (exact) mass is 304 g/mol. The van der Waals surface area contributed by atoms with Crippen LogP contribution >= 0.6 is 0 Å². The van der Waals surface area contributed by atoms with Gasteiger partial charge >= 0.3 is 0 Å². The molecule has 118 valence electrons. The van der Waals surface area contributed by atoms with E-state index in [-0.39, 0.29) is 18.8 Å². The highest BCUT2D eigenvalue weighted by Gasteiger charge is 2.36. The summed E-state index contributed by atoms with van der Waals surface area (Å²) in [5.74, 6) is 1.44. The molecular weight excluding hydrogens is 284 g/mol. The minimum absolute atomic E-state index is 0.0592. The lowest BCUT2D eigenvalue weighted by molar-refractivity contribution is -0.261. The number of methoxy groups -OCH3 is 1. The molecule has 5 heteroatoms. The SMILES string of the molecule is C=C(CO)C1=CC[C@@H]2O[C@H](c3ccc(OC)cc3)OC[C@H]2O1. The molecule has 0 unspecified atom stereocenters. The molecule has 0 saturated carbocycles. The first-order valence-corrected chi connectivity index (χ1v) is 7.28. The number of fused-ring (bicyclic) bond motifs is 1. The third-order valence-electron chi connectivity index (χ3n) is 3.87. The van der Waals surface area contributed by atoms with Crippen molar-refractivity contribution in [2.75, 3.05) is 20.3 Å². The molecular formula is C17H20O5. The largest absolute Gasteiger partial charge is 0.497 e. The number of hydrogen-bond donors (Lipinski definition) is 1. The fourth-order valence-electron chi connectivity index (χ4n) is 2.57. The Hall–Kier alpha value is -1.82. The Morgan fingerprint density at radius 1 is 1.32 bits per heavy atom. The fraction of sp³-hybridized carbons (Fsp3) is 0.412. The quantitative estimate of drug-likeness (QED) is 0.925. The number of benzene rings is 1. The Morgan fingerprint density at radius 3 is 2.77 bits per heavy atom. The van der Waals surface area contributed by atoms with Gasteiger partial charge in [-0.2, -0.15) is 0 Å². The van der Waals surface area contributed by atoms with Crippen LogP contribution in [0.3, 0.4) is 0 Å². The van der Waals surface area contributed by atoms with Crippen molar-refractivity contribution in [1.29, 1.82) is 0 Å². The molecule has 1 saturated heterocycles. The number of aliphatic hydroxyl groups is 1. The van der Waals surface area contributed by atoms with Crippen LogP contribution in [0, 0.1) is 0 Å². The van der Waals surface area contributed by atoms with E-state index in [0.717, 1.165) is 17.7 Å². The van der Waals surface area contributed by atoms with Gasteiger partial charge in [0.2, 0.25) is 0 Å². The molecule has 2 aliphatic heterocycles. The summed E-state index contributed by atoms with van der Waals surface area (Å²) in [6.07, 6.45) is 2.01. The summed E-state index contributed by atoms with van der Waals surface area (Å²) >= 11 is 0. The van der Waals surface area contributed by atoms with Gasteiger partial charge in [-0.3, -0.25) is 0 Å². The first-order chi connectivity index (χ1) is 10.7. The molecule has 22 heavy (non-hydrogen) atoms. The van der Waals surface area contributed by atoms with E-state index in [9.17, 15) is 0 Å². The average Bonchev–Trinajstić information content (AvgIpc) is 2.60. The molecule has 0 amide bonds. The van der Waals surface area contributed by atoms with Crippen LogP contribution in [0.2, 0.25) is 0 Å². The van der Waals surface area contributed by atoms with Crippen molar-refractivity contribution >= 4 is 0 Å². The first kappa shape index (κ1) is 15.1. The van der Waals surface area contributed by atoms with E-state index in [1.54, 1.807) is 7.11 Å². The zero-order valence-corrected chi connectivity index (χ0v) is 12.5. The Labute approximate surface area is 129 Å². The van der Waals surface area contributed by atoms with E-state index in [1.165, 1.54) is 0 Å². The number of aliphatic hydroxyl groups excluding tert-OH is 1. The second-order valence-electron chi connectivity index (χ2n) is 5.34. The maximum atomic E-state index is 9.12. The summed E-state index contributed by atoms with van der Waals surface area (Å²) in [4.78, 5) is 0. The van der Waals surface area contributed by atoms with E-state index >= 15 is 0 Å². The van der Waals surface area contributed by atoms with Crippen LogP contribution in [0.5, 0.6) is 5.75 Å². The normalized spacial score (nSPS) is 27.4. The van der Waals surface area contributed by atoms with Crippen LogP contribution < -0.4 is 4.74 Å². The van der Waals surface area contributed by atoms with Crippen molar-refractivity contribution in [2.45, 2.75) is 24.9 Å². The Balaban J connectivity index is 1.67. The molecule has 0 bridgehead atoms. The van der Waals surface area contributed by atoms with Gasteiger partial charge in [0.25, 0.3) is 0 Å². The number of rotatable bonds is 4. The van der Waals surface area contributed by atoms with Crippen LogP contribution in [-0.2, 0) is 14.2 Å². The highest BCUT2D eigenvalue weighted by molar-refractivity contribution is 5.28. The third kappa shape index (κ3) is 3.02. The van der Waals surface area contributed by atoms with Crippen LogP contribution in [0.4, 0.5) is 0 Å². The molecule has 1 aromatic carbocycles. The predicted molar refractivity (Wildman–Crippen MR) is 80.4 cm³/mol. The van der Waals surface area contributed by atoms with E-state index < -0.39 is 6.29 Å². The van der Waals surface area contributed by atoms with Gasteiger partial charge < -0.3 is 24.1 Å². The summed E-state index contributed by atoms with van der Waals surface area (Å²) in [6, 6.07) is 7.63. The van der Waals surface area contributed by atoms with Crippen molar-refractivity contribution in [3.63, 3.8) is 0 Å². The predicted octanol–water partition coefficient (Wildman–Crippen LogP) is 2.33. The lowest BCUT2D eigenvalue weighted by atomic mass is 10.0. The van der Waals surface area contributed by atoms with E-state index in [1.807, 2.05) is 30.3 Å². The number of ether oxygens (including phenoxy) is 4. The van der Waals surface area contributed by atoms with Crippen molar-refractivity contribution in [3.05, 3.63) is 53.8 Å². The molecule has 0 spiro atoms. The van der Waals surface area contributed by atoms with Gasteiger partial charge in [-0.1, -0.05) is 18.7 Å². The third-order valence-corrected chi connectivity index (χ3v) is 3.87. The second-order valence-corrected chi connectivity index (χ2v) is 5.34. The van der Waals surface area contributed by atoms with Crippen LogP contribution in [0.25, 0.3) is 0 Å². The van der Waals surface area contributed by atoms with Gasteiger partial charge in [-0.05, 0) is 24.6 Å². The zero-order valence-electron chi connectivity index (χ0n) is 12.5. The van der Waals surface area contributed by atoms with Gasteiger partial charge in [-0.15, -0.1) is 0 Å². The molecule has 1 N–H and O–H groups in total. The Bertz CT molecular complexity index is 563. The summed E-state index contributed by atoms with van der Waals surface area (Å²) < 4.78 is 22.7. The van der Waals surface area contributed by atoms with Crippen molar-refractivity contribution < 1.29 is 24.1 Å². The van der Waals surface area contributed by atoms with E-state index in [0.29, 0.717) is 17.9 Å². The molecule has 1 aromatic rings. The maximum absolute atomic E-state index is 9.12. The van der Waals surface area contributed by atoms with Crippen molar-refractivity contribution in [3.8, 4) is 5.75 Å². The molecule has 3 atom stereocenters. The van der Waals surface area contributed by atoms with Crippen molar-refractivity contribution in [1.82, 2.24) is 0 Å². The maximum Gasteiger partial charge on any atom is 0.184 e. The molecule has 5 nitrogen and oxygen atoms in total. The lowest BCUT2D eigenvalue weighted by Crippen LogP contribution is -2.43. The van der Waals surface area contributed by atoms with Crippen LogP contribution in [0.1, 0.15) is 18.3 Å². The summed E-state index contributed by atoms with van der Waals surface area (Å²) in [7, 11) is 1.64. The topological polar surface area (TPSA) is 57.2 Å². The smallest absolute Gasteiger partial charge is 0.184 e. The minimum Gasteiger partial charge on any atom is -0.497 e. The second kappa shape index (κ2) is 6.52. The van der Waals surface area contributed by atoms with Crippen molar-refractivity contribution in [2.24, 2.45) is 0 Å². The van der Waals surface area contributed by atoms with E-state index in [2.05, 4.69) is 6.58 Å². The molecule has 0 radical (unpaired) electrons. The highest BCUT2D eigenvalue weighted by Crippen LogP contribution is 2.34. The van der Waals surface area contributed by atoms with Gasteiger partial charge in [-0.25, -0.2) is 0 Å². The van der Waals surface area contributed by atoms with E-state index in [4.69, 9.17) is 24.1 Å². The van der Waals surface area contributed by atoms with Gasteiger partial charge in [0.05, 0.1) is 20.3 Å². The molecule has 2 aliphatic rings. The number of hydrogen-bond acceptors (Lipinski definition) is 5. The van der Waals surface area contributed by atoms with Gasteiger partial charge in [0.15, 0.2) is 6.29 Å². The zero-order chi connectivity index (χ0) is 15.5. The molecule has 3 rings (SSSR count). The Kier molecular flexibility index (Phi) is 4.47. The summed E-state index contributed by atoms with van der Waals surface area (Å²) in [5, 5.41) is 9.12. The molecule has 1 fully saturated rings. The van der Waals surface area contributed by atoms with Crippen LogP contribution in [-0.4, -0.2) is 37.6 Å². The van der Waals surface area contributed by atoms with Gasteiger partial charge in [0, 0.05) is 11.1 Å². The average molecular weight is 304 g/mol. The Morgan fingerprint density at radius 2 is 2.09 bits per heavy atom. The van der Waals surface area contributed by atoms with Gasteiger partial charge in [0.1, 0.15) is 23.7 Å². The minimum atomic E-state index is -0.397. The fourth-order valence-corrected chi connectivity index (χ4v) is 2.57. The van der Waals surface area contributed by atoms with Crippen LogP contribution in [0.15, 0.2) is 48.3 Å². The molecule has 0 aliphatic carbocycles. The highest BCUT2D eigenvalue weighted by atomic mass is 16.7.